The lowest BCUT2D eigenvalue weighted by atomic mass is 10.0. The molecule has 0 amide bonds. The Bertz CT molecular complexity index is 366. The minimum atomic E-state index is 0.617. The van der Waals surface area contributed by atoms with Crippen LogP contribution in [0.25, 0.3) is 0 Å². The summed E-state index contributed by atoms with van der Waals surface area (Å²) in [7, 11) is 0. The summed E-state index contributed by atoms with van der Waals surface area (Å²) in [5.74, 6) is 0. The molecule has 1 aromatic rings. The molecule has 3 N–H and O–H groups in total. The minimum Gasteiger partial charge on any atom is -0.399 e. The third kappa shape index (κ3) is 3.71. The number of benzene rings is 1. The zero-order valence-corrected chi connectivity index (χ0v) is 12.0. The molecule has 0 aliphatic heterocycles. The normalized spacial score (nSPS) is 17.1. The van der Waals surface area contributed by atoms with E-state index >= 15 is 0 Å². The first-order valence-electron chi connectivity index (χ1n) is 6.39. The molecular weight excluding hydrogens is 276 g/mol. The van der Waals surface area contributed by atoms with Gasteiger partial charge in [0, 0.05) is 23.2 Å². The molecule has 2 rings (SSSR count). The first-order chi connectivity index (χ1) is 8.13. The fourth-order valence-electron chi connectivity index (χ4n) is 2.47. The van der Waals surface area contributed by atoms with Gasteiger partial charge in [-0.15, -0.1) is 0 Å². The van der Waals surface area contributed by atoms with Crippen molar-refractivity contribution in [3.8, 4) is 0 Å². The van der Waals surface area contributed by atoms with E-state index in [1.54, 1.807) is 0 Å². The fourth-order valence-corrected chi connectivity index (χ4v) is 3.03. The van der Waals surface area contributed by atoms with Crippen LogP contribution < -0.4 is 11.1 Å². The van der Waals surface area contributed by atoms with Crippen molar-refractivity contribution in [1.29, 1.82) is 0 Å². The van der Waals surface area contributed by atoms with Crippen LogP contribution in [0.4, 0.5) is 5.69 Å². The van der Waals surface area contributed by atoms with E-state index in [9.17, 15) is 0 Å². The number of nitrogens with two attached hydrogens (primary N) is 1. The Kier molecular flexibility index (Phi) is 4.10. The van der Waals surface area contributed by atoms with Gasteiger partial charge >= 0.3 is 0 Å². The summed E-state index contributed by atoms with van der Waals surface area (Å²) < 4.78 is 1.06. The van der Waals surface area contributed by atoms with Crippen LogP contribution in [-0.2, 0) is 6.54 Å². The number of hydrogen-bond acceptors (Lipinski definition) is 2. The summed E-state index contributed by atoms with van der Waals surface area (Å²) in [5, 5.41) is 3.57. The first kappa shape index (κ1) is 12.9. The number of nitrogen functional groups attached to an aromatic ring is 1. The number of anilines is 1. The molecule has 0 bridgehead atoms. The van der Waals surface area contributed by atoms with Crippen molar-refractivity contribution in [3.05, 3.63) is 28.2 Å². The molecule has 2 nitrogen and oxygen atoms in total. The highest BCUT2D eigenvalue weighted by Gasteiger charge is 2.40. The summed E-state index contributed by atoms with van der Waals surface area (Å²) in [6.07, 6.45) is 5.45. The summed E-state index contributed by atoms with van der Waals surface area (Å²) in [6, 6.07) is 6.10. The molecule has 94 valence electrons. The van der Waals surface area contributed by atoms with Gasteiger partial charge in [-0.1, -0.05) is 29.3 Å². The van der Waals surface area contributed by atoms with Gasteiger partial charge in [-0.3, -0.25) is 0 Å². The van der Waals surface area contributed by atoms with Crippen molar-refractivity contribution in [2.45, 2.75) is 39.2 Å². The monoisotopic (exact) mass is 296 g/mol. The SMILES string of the molecule is CCCC1(CNCc2cc(N)cc(Br)c2)CC1. The summed E-state index contributed by atoms with van der Waals surface area (Å²) in [4.78, 5) is 0. The van der Waals surface area contributed by atoms with Crippen LogP contribution in [0, 0.1) is 5.41 Å². The average Bonchev–Trinajstić information content (AvgIpc) is 2.97. The first-order valence-corrected chi connectivity index (χ1v) is 7.18. The van der Waals surface area contributed by atoms with Gasteiger partial charge in [0.1, 0.15) is 0 Å². The van der Waals surface area contributed by atoms with Crippen LogP contribution >= 0.6 is 15.9 Å². The van der Waals surface area contributed by atoms with Crippen LogP contribution in [0.3, 0.4) is 0 Å². The van der Waals surface area contributed by atoms with Crippen molar-refractivity contribution in [2.75, 3.05) is 12.3 Å². The maximum Gasteiger partial charge on any atom is 0.0328 e. The van der Waals surface area contributed by atoms with Crippen molar-refractivity contribution >= 4 is 21.6 Å². The molecule has 17 heavy (non-hydrogen) atoms. The van der Waals surface area contributed by atoms with E-state index in [-0.39, 0.29) is 0 Å². The Hall–Kier alpha value is -0.540. The standard InChI is InChI=1S/C14H21BrN2/c1-2-3-14(4-5-14)10-17-9-11-6-12(15)8-13(16)7-11/h6-8,17H,2-5,9-10,16H2,1H3. The van der Waals surface area contributed by atoms with Gasteiger partial charge in [0.05, 0.1) is 0 Å². The molecule has 0 unspecified atom stereocenters. The van der Waals surface area contributed by atoms with Gasteiger partial charge in [-0.25, -0.2) is 0 Å². The van der Waals surface area contributed by atoms with Crippen LogP contribution in [0.2, 0.25) is 0 Å². The second kappa shape index (κ2) is 5.40. The molecular formula is C14H21BrN2. The molecule has 1 aliphatic carbocycles. The highest BCUT2D eigenvalue weighted by molar-refractivity contribution is 9.10. The van der Waals surface area contributed by atoms with Crippen molar-refractivity contribution in [1.82, 2.24) is 5.32 Å². The van der Waals surface area contributed by atoms with Crippen molar-refractivity contribution in [2.24, 2.45) is 5.41 Å². The van der Waals surface area contributed by atoms with E-state index in [0.29, 0.717) is 5.41 Å². The van der Waals surface area contributed by atoms with Crippen molar-refractivity contribution in [3.63, 3.8) is 0 Å². The van der Waals surface area contributed by atoms with E-state index in [1.807, 2.05) is 12.1 Å². The van der Waals surface area contributed by atoms with E-state index < -0.39 is 0 Å². The molecule has 3 heteroatoms. The summed E-state index contributed by atoms with van der Waals surface area (Å²) in [6.45, 7) is 4.33. The zero-order valence-electron chi connectivity index (χ0n) is 10.4. The largest absolute Gasteiger partial charge is 0.399 e. The van der Waals surface area contributed by atoms with E-state index in [2.05, 4.69) is 34.2 Å². The van der Waals surface area contributed by atoms with Gasteiger partial charge in [-0.05, 0) is 48.4 Å². The van der Waals surface area contributed by atoms with Gasteiger partial charge in [-0.2, -0.15) is 0 Å². The van der Waals surface area contributed by atoms with Crippen LogP contribution in [0.5, 0.6) is 0 Å². The maximum absolute atomic E-state index is 5.82. The third-order valence-electron chi connectivity index (χ3n) is 3.55. The molecule has 0 atom stereocenters. The summed E-state index contributed by atoms with van der Waals surface area (Å²) in [5.41, 5.74) is 8.52. The van der Waals surface area contributed by atoms with Crippen molar-refractivity contribution < 1.29 is 0 Å². The molecule has 1 saturated carbocycles. The Morgan fingerprint density at radius 2 is 2.12 bits per heavy atom. The molecule has 0 aromatic heterocycles. The second-order valence-corrected chi connectivity index (χ2v) is 6.16. The number of nitrogens with one attached hydrogen (secondary N) is 1. The van der Waals surface area contributed by atoms with Gasteiger partial charge in [0.15, 0.2) is 0 Å². The van der Waals surface area contributed by atoms with Crippen LogP contribution in [-0.4, -0.2) is 6.54 Å². The molecule has 1 aliphatic rings. The Labute approximate surface area is 112 Å². The maximum atomic E-state index is 5.82. The smallest absolute Gasteiger partial charge is 0.0328 e. The predicted molar refractivity (Wildman–Crippen MR) is 76.8 cm³/mol. The lowest BCUT2D eigenvalue weighted by Gasteiger charge is -2.15. The van der Waals surface area contributed by atoms with E-state index in [0.717, 1.165) is 23.2 Å². The number of halogens is 1. The Balaban J connectivity index is 1.82. The van der Waals surface area contributed by atoms with Crippen LogP contribution in [0.1, 0.15) is 38.2 Å². The lowest BCUT2D eigenvalue weighted by molar-refractivity contribution is 0.421. The van der Waals surface area contributed by atoms with Gasteiger partial charge < -0.3 is 11.1 Å². The third-order valence-corrected chi connectivity index (χ3v) is 4.00. The molecule has 0 spiro atoms. The Morgan fingerprint density at radius 1 is 1.35 bits per heavy atom. The molecule has 1 aromatic carbocycles. The molecule has 1 fully saturated rings. The number of rotatable bonds is 6. The van der Waals surface area contributed by atoms with Gasteiger partial charge in [0.25, 0.3) is 0 Å². The topological polar surface area (TPSA) is 38.0 Å². The minimum absolute atomic E-state index is 0.617. The van der Waals surface area contributed by atoms with Crippen LogP contribution in [0.15, 0.2) is 22.7 Å². The average molecular weight is 297 g/mol. The quantitative estimate of drug-likeness (QED) is 0.786. The number of hydrogen-bond donors (Lipinski definition) is 2. The highest BCUT2D eigenvalue weighted by Crippen LogP contribution is 2.48. The lowest BCUT2D eigenvalue weighted by Crippen LogP contribution is -2.23. The van der Waals surface area contributed by atoms with Gasteiger partial charge in [0.2, 0.25) is 0 Å². The fraction of sp³-hybridized carbons (Fsp3) is 0.571. The Morgan fingerprint density at radius 3 is 2.71 bits per heavy atom. The molecule has 0 heterocycles. The van der Waals surface area contributed by atoms with E-state index in [4.69, 9.17) is 5.73 Å². The second-order valence-electron chi connectivity index (χ2n) is 5.25. The molecule has 0 saturated heterocycles. The summed E-state index contributed by atoms with van der Waals surface area (Å²) >= 11 is 3.47. The highest BCUT2D eigenvalue weighted by atomic mass is 79.9. The predicted octanol–water partition coefficient (Wildman–Crippen LogP) is 3.70. The van der Waals surface area contributed by atoms with E-state index in [1.165, 1.54) is 31.2 Å². The molecule has 0 radical (unpaired) electrons. The zero-order chi connectivity index (χ0) is 12.3.